The van der Waals surface area contributed by atoms with Crippen LogP contribution in [-0.2, 0) is 0 Å². The second kappa shape index (κ2) is 4.82. The van der Waals surface area contributed by atoms with Crippen LogP contribution in [0.1, 0.15) is 29.3 Å². The number of carbonyl (C=O) groups is 1. The Hall–Kier alpha value is -1.61. The smallest absolute Gasteiger partial charge is 0.194 e. The third-order valence-corrected chi connectivity index (χ3v) is 4.04. The summed E-state index contributed by atoms with van der Waals surface area (Å²) in [5.74, 6) is 0.123. The molecule has 0 saturated heterocycles. The van der Waals surface area contributed by atoms with E-state index in [1.165, 1.54) is 0 Å². The first-order valence-corrected chi connectivity index (χ1v) is 7.23. The van der Waals surface area contributed by atoms with Crippen molar-refractivity contribution in [2.75, 3.05) is 11.9 Å². The minimum absolute atomic E-state index is 0.123. The Morgan fingerprint density at radius 2 is 1.79 bits per heavy atom. The molecule has 0 unspecified atom stereocenters. The van der Waals surface area contributed by atoms with Crippen molar-refractivity contribution in [3.63, 3.8) is 0 Å². The summed E-state index contributed by atoms with van der Waals surface area (Å²) < 4.78 is 1.00. The lowest BCUT2D eigenvalue weighted by Gasteiger charge is -2.10. The molecule has 0 aromatic heterocycles. The van der Waals surface area contributed by atoms with Gasteiger partial charge in [0.1, 0.15) is 0 Å². The number of halogens is 1. The maximum absolute atomic E-state index is 12.4. The number of carbonyl (C=O) groups excluding carboxylic acids is 1. The van der Waals surface area contributed by atoms with Gasteiger partial charge in [0.2, 0.25) is 0 Å². The fourth-order valence-electron chi connectivity index (χ4n) is 2.44. The summed E-state index contributed by atoms with van der Waals surface area (Å²) in [6.45, 7) is 3.02. The van der Waals surface area contributed by atoms with E-state index in [0.717, 1.165) is 45.4 Å². The molecule has 96 valence electrons. The summed E-state index contributed by atoms with van der Waals surface area (Å²) >= 11 is 3.58. The molecular formula is C16H14BrNO. The molecule has 1 N–H and O–H groups in total. The summed E-state index contributed by atoms with van der Waals surface area (Å²) in [4.78, 5) is 12.4. The highest BCUT2D eigenvalue weighted by Crippen LogP contribution is 2.40. The Balaban J connectivity index is 2.12. The highest BCUT2D eigenvalue weighted by atomic mass is 79.9. The van der Waals surface area contributed by atoms with Gasteiger partial charge in [0.15, 0.2) is 5.78 Å². The van der Waals surface area contributed by atoms with E-state index >= 15 is 0 Å². The standard InChI is InChI=1S/C16H14BrNO/c1-2-7-18-15-9-13-12(8-14(15)17)10-5-3-4-6-11(10)16(13)19/h3-6,8-9,18H,2,7H2,1H3. The van der Waals surface area contributed by atoms with E-state index in [-0.39, 0.29) is 5.78 Å². The zero-order chi connectivity index (χ0) is 13.4. The van der Waals surface area contributed by atoms with Crippen LogP contribution in [0.5, 0.6) is 0 Å². The molecule has 1 aliphatic carbocycles. The van der Waals surface area contributed by atoms with Crippen molar-refractivity contribution in [3.05, 3.63) is 52.0 Å². The first-order valence-electron chi connectivity index (χ1n) is 6.44. The van der Waals surface area contributed by atoms with Crippen molar-refractivity contribution in [2.45, 2.75) is 13.3 Å². The number of hydrogen-bond donors (Lipinski definition) is 1. The van der Waals surface area contributed by atoms with E-state index in [1.807, 2.05) is 36.4 Å². The first-order chi connectivity index (χ1) is 9.22. The lowest BCUT2D eigenvalue weighted by atomic mass is 10.1. The average molecular weight is 316 g/mol. The van der Waals surface area contributed by atoms with Gasteiger partial charge in [0.05, 0.1) is 0 Å². The monoisotopic (exact) mass is 315 g/mol. The van der Waals surface area contributed by atoms with Crippen LogP contribution in [-0.4, -0.2) is 12.3 Å². The molecule has 0 fully saturated rings. The van der Waals surface area contributed by atoms with Crippen LogP contribution in [0.15, 0.2) is 40.9 Å². The van der Waals surface area contributed by atoms with Gasteiger partial charge in [-0.25, -0.2) is 0 Å². The van der Waals surface area contributed by atoms with Crippen molar-refractivity contribution in [1.82, 2.24) is 0 Å². The van der Waals surface area contributed by atoms with E-state index in [0.29, 0.717) is 0 Å². The van der Waals surface area contributed by atoms with Crippen LogP contribution in [0.25, 0.3) is 11.1 Å². The maximum atomic E-state index is 12.4. The van der Waals surface area contributed by atoms with E-state index in [2.05, 4.69) is 28.2 Å². The van der Waals surface area contributed by atoms with Crippen LogP contribution in [0.4, 0.5) is 5.69 Å². The molecule has 19 heavy (non-hydrogen) atoms. The van der Waals surface area contributed by atoms with Gasteiger partial charge in [-0.1, -0.05) is 31.2 Å². The Bertz CT molecular complexity index is 664. The molecule has 1 aliphatic rings. The second-order valence-corrected chi connectivity index (χ2v) is 5.53. The number of fused-ring (bicyclic) bond motifs is 3. The molecular weight excluding hydrogens is 302 g/mol. The highest BCUT2D eigenvalue weighted by Gasteiger charge is 2.27. The highest BCUT2D eigenvalue weighted by molar-refractivity contribution is 9.10. The van der Waals surface area contributed by atoms with Crippen molar-refractivity contribution < 1.29 is 4.79 Å². The lowest BCUT2D eigenvalue weighted by Crippen LogP contribution is -2.02. The largest absolute Gasteiger partial charge is 0.384 e. The number of anilines is 1. The number of benzene rings is 2. The van der Waals surface area contributed by atoms with Crippen LogP contribution in [0.3, 0.4) is 0 Å². The molecule has 0 saturated carbocycles. The maximum Gasteiger partial charge on any atom is 0.194 e. The van der Waals surface area contributed by atoms with Gasteiger partial charge in [-0.2, -0.15) is 0 Å². The van der Waals surface area contributed by atoms with Crippen molar-refractivity contribution >= 4 is 27.4 Å². The second-order valence-electron chi connectivity index (χ2n) is 4.68. The van der Waals surface area contributed by atoms with Crippen LogP contribution in [0, 0.1) is 0 Å². The van der Waals surface area contributed by atoms with Crippen LogP contribution < -0.4 is 5.32 Å². The van der Waals surface area contributed by atoms with Gasteiger partial charge in [0.25, 0.3) is 0 Å². The normalized spacial score (nSPS) is 12.2. The molecule has 0 bridgehead atoms. The summed E-state index contributed by atoms with van der Waals surface area (Å²) in [5, 5.41) is 3.34. The van der Waals surface area contributed by atoms with Gasteiger partial charge in [0, 0.05) is 27.8 Å². The third kappa shape index (κ3) is 1.98. The molecule has 0 aliphatic heterocycles. The molecule has 0 heterocycles. The lowest BCUT2D eigenvalue weighted by molar-refractivity contribution is 0.104. The Kier molecular flexibility index (Phi) is 3.15. The van der Waals surface area contributed by atoms with E-state index in [9.17, 15) is 4.79 Å². The molecule has 3 rings (SSSR count). The number of hydrogen-bond acceptors (Lipinski definition) is 2. The number of rotatable bonds is 3. The van der Waals surface area contributed by atoms with E-state index in [4.69, 9.17) is 0 Å². The topological polar surface area (TPSA) is 29.1 Å². The molecule has 0 amide bonds. The molecule has 2 nitrogen and oxygen atoms in total. The molecule has 2 aromatic rings. The Morgan fingerprint density at radius 3 is 2.53 bits per heavy atom. The van der Waals surface area contributed by atoms with Gasteiger partial charge in [-0.15, -0.1) is 0 Å². The van der Waals surface area contributed by atoms with Gasteiger partial charge < -0.3 is 5.32 Å². The zero-order valence-electron chi connectivity index (χ0n) is 10.7. The first kappa shape index (κ1) is 12.4. The molecule has 2 aromatic carbocycles. The van der Waals surface area contributed by atoms with Gasteiger partial charge in [-0.05, 0) is 45.6 Å². The Labute approximate surface area is 121 Å². The summed E-state index contributed by atoms with van der Waals surface area (Å²) in [6, 6.07) is 11.8. The average Bonchev–Trinajstić information content (AvgIpc) is 2.70. The number of ketones is 1. The summed E-state index contributed by atoms with van der Waals surface area (Å²) in [5.41, 5.74) is 4.64. The van der Waals surface area contributed by atoms with E-state index in [1.54, 1.807) is 0 Å². The van der Waals surface area contributed by atoms with Crippen molar-refractivity contribution in [1.29, 1.82) is 0 Å². The fourth-order valence-corrected chi connectivity index (χ4v) is 2.92. The quantitative estimate of drug-likeness (QED) is 0.772. The van der Waals surface area contributed by atoms with Crippen LogP contribution in [0.2, 0.25) is 0 Å². The minimum atomic E-state index is 0.123. The van der Waals surface area contributed by atoms with Gasteiger partial charge in [-0.3, -0.25) is 4.79 Å². The predicted molar refractivity (Wildman–Crippen MR) is 81.8 cm³/mol. The molecule has 0 atom stereocenters. The Morgan fingerprint density at radius 1 is 1.05 bits per heavy atom. The fraction of sp³-hybridized carbons (Fsp3) is 0.188. The molecule has 3 heteroatoms. The van der Waals surface area contributed by atoms with Crippen molar-refractivity contribution in [2.24, 2.45) is 0 Å². The van der Waals surface area contributed by atoms with E-state index < -0.39 is 0 Å². The summed E-state index contributed by atoms with van der Waals surface area (Å²) in [7, 11) is 0. The predicted octanol–water partition coefficient (Wildman–Crippen LogP) is 4.48. The molecule has 0 spiro atoms. The zero-order valence-corrected chi connectivity index (χ0v) is 12.3. The number of nitrogens with one attached hydrogen (secondary N) is 1. The summed E-state index contributed by atoms with van der Waals surface area (Å²) in [6.07, 6.45) is 1.05. The SMILES string of the molecule is CCCNc1cc2c(cc1Br)-c1ccccc1C2=O. The van der Waals surface area contributed by atoms with Crippen molar-refractivity contribution in [3.8, 4) is 11.1 Å². The minimum Gasteiger partial charge on any atom is -0.384 e. The van der Waals surface area contributed by atoms with Crippen LogP contribution >= 0.6 is 15.9 Å². The third-order valence-electron chi connectivity index (χ3n) is 3.38. The molecule has 0 radical (unpaired) electrons. The van der Waals surface area contributed by atoms with Gasteiger partial charge >= 0.3 is 0 Å².